The maximum absolute atomic E-state index is 9.27. The lowest BCUT2D eigenvalue weighted by molar-refractivity contribution is 0.568. The van der Waals surface area contributed by atoms with Gasteiger partial charge in [0.25, 0.3) is 0 Å². The first kappa shape index (κ1) is 12.4. The summed E-state index contributed by atoms with van der Waals surface area (Å²) in [4.78, 5) is 7.63. The molecular formula is C18H11N3O. The molecule has 4 rings (SSSR count). The van der Waals surface area contributed by atoms with Crippen molar-refractivity contribution in [2.75, 3.05) is 0 Å². The molecule has 3 heterocycles. The third-order valence-electron chi connectivity index (χ3n) is 3.72. The lowest BCUT2D eigenvalue weighted by Crippen LogP contribution is -1.86. The largest absolute Gasteiger partial charge is 0.472 e. The van der Waals surface area contributed by atoms with Gasteiger partial charge in [-0.1, -0.05) is 18.2 Å². The maximum atomic E-state index is 9.27. The van der Waals surface area contributed by atoms with Gasteiger partial charge in [0.05, 0.1) is 24.2 Å². The zero-order valence-electron chi connectivity index (χ0n) is 11.6. The minimum atomic E-state index is 0.643. The molecule has 4 heteroatoms. The Morgan fingerprint density at radius 1 is 1.09 bits per heavy atom. The van der Waals surface area contributed by atoms with E-state index in [4.69, 9.17) is 4.42 Å². The number of aromatic nitrogens is 2. The van der Waals surface area contributed by atoms with Crippen molar-refractivity contribution in [1.82, 2.24) is 9.97 Å². The molecule has 0 aliphatic rings. The monoisotopic (exact) mass is 285 g/mol. The molecule has 0 spiro atoms. The highest BCUT2D eigenvalue weighted by molar-refractivity contribution is 5.95. The van der Waals surface area contributed by atoms with Crippen LogP contribution in [0.4, 0.5) is 0 Å². The number of H-pyrrole nitrogens is 1. The molecule has 4 nitrogen and oxygen atoms in total. The molecule has 0 unspecified atom stereocenters. The van der Waals surface area contributed by atoms with E-state index in [-0.39, 0.29) is 0 Å². The van der Waals surface area contributed by atoms with E-state index < -0.39 is 0 Å². The van der Waals surface area contributed by atoms with E-state index in [0.717, 1.165) is 33.3 Å². The van der Waals surface area contributed by atoms with Gasteiger partial charge in [-0.3, -0.25) is 0 Å². The first-order valence-electron chi connectivity index (χ1n) is 6.86. The van der Waals surface area contributed by atoms with Crippen LogP contribution in [-0.2, 0) is 0 Å². The minimum Gasteiger partial charge on any atom is -0.472 e. The minimum absolute atomic E-state index is 0.643. The molecule has 22 heavy (non-hydrogen) atoms. The number of fused-ring (bicyclic) bond motifs is 1. The summed E-state index contributed by atoms with van der Waals surface area (Å²) in [6, 6.07) is 13.7. The fourth-order valence-corrected chi connectivity index (χ4v) is 2.64. The predicted molar refractivity (Wildman–Crippen MR) is 83.9 cm³/mol. The van der Waals surface area contributed by atoms with Crippen LogP contribution >= 0.6 is 0 Å². The average molecular weight is 285 g/mol. The summed E-state index contributed by atoms with van der Waals surface area (Å²) in [6.45, 7) is 0. The Labute approximate surface area is 126 Å². The van der Waals surface area contributed by atoms with Crippen LogP contribution in [0.25, 0.3) is 33.3 Å². The summed E-state index contributed by atoms with van der Waals surface area (Å²) >= 11 is 0. The van der Waals surface area contributed by atoms with E-state index in [9.17, 15) is 5.26 Å². The van der Waals surface area contributed by atoms with Crippen molar-refractivity contribution < 1.29 is 4.42 Å². The van der Waals surface area contributed by atoms with Crippen LogP contribution in [0.2, 0.25) is 0 Å². The van der Waals surface area contributed by atoms with Crippen molar-refractivity contribution in [2.45, 2.75) is 0 Å². The number of rotatable bonds is 2. The van der Waals surface area contributed by atoms with E-state index in [1.54, 1.807) is 18.7 Å². The van der Waals surface area contributed by atoms with Crippen molar-refractivity contribution >= 4 is 11.0 Å². The van der Waals surface area contributed by atoms with Crippen LogP contribution in [0.15, 0.2) is 65.7 Å². The highest BCUT2D eigenvalue weighted by Crippen LogP contribution is 2.32. The first-order valence-corrected chi connectivity index (χ1v) is 6.86. The number of benzene rings is 1. The lowest BCUT2D eigenvalue weighted by Gasteiger charge is -2.04. The second kappa shape index (κ2) is 4.90. The molecule has 0 atom stereocenters. The zero-order valence-corrected chi connectivity index (χ0v) is 11.6. The topological polar surface area (TPSA) is 65.6 Å². The van der Waals surface area contributed by atoms with Crippen molar-refractivity contribution in [3.05, 3.63) is 66.9 Å². The molecule has 0 saturated heterocycles. The fourth-order valence-electron chi connectivity index (χ4n) is 2.64. The average Bonchev–Trinajstić information content (AvgIpc) is 3.23. The van der Waals surface area contributed by atoms with Gasteiger partial charge in [0.15, 0.2) is 0 Å². The number of furan rings is 1. The maximum Gasteiger partial charge on any atom is 0.137 e. The van der Waals surface area contributed by atoms with Gasteiger partial charge < -0.3 is 9.40 Å². The third-order valence-corrected chi connectivity index (χ3v) is 3.72. The Bertz CT molecular complexity index is 991. The Hall–Kier alpha value is -3.32. The van der Waals surface area contributed by atoms with Gasteiger partial charge in [-0.25, -0.2) is 4.98 Å². The van der Waals surface area contributed by atoms with Gasteiger partial charge in [0.2, 0.25) is 0 Å². The van der Waals surface area contributed by atoms with Crippen LogP contribution in [0.3, 0.4) is 0 Å². The van der Waals surface area contributed by atoms with Gasteiger partial charge in [-0.05, 0) is 18.2 Å². The molecule has 3 aromatic heterocycles. The van der Waals surface area contributed by atoms with Crippen LogP contribution in [-0.4, -0.2) is 9.97 Å². The van der Waals surface area contributed by atoms with Gasteiger partial charge in [-0.2, -0.15) is 5.26 Å². The van der Waals surface area contributed by atoms with Crippen LogP contribution in [0.5, 0.6) is 0 Å². The molecule has 4 aromatic rings. The van der Waals surface area contributed by atoms with Gasteiger partial charge in [0, 0.05) is 40.0 Å². The predicted octanol–water partition coefficient (Wildman–Crippen LogP) is 4.36. The number of pyridine rings is 1. The normalized spacial score (nSPS) is 10.7. The Balaban J connectivity index is 1.94. The van der Waals surface area contributed by atoms with Crippen molar-refractivity contribution in [3.8, 4) is 28.3 Å². The van der Waals surface area contributed by atoms with Crippen LogP contribution in [0, 0.1) is 11.3 Å². The molecule has 0 saturated carbocycles. The van der Waals surface area contributed by atoms with Crippen molar-refractivity contribution in [1.29, 1.82) is 5.26 Å². The van der Waals surface area contributed by atoms with E-state index in [0.29, 0.717) is 5.56 Å². The summed E-state index contributed by atoms with van der Waals surface area (Å²) in [5.74, 6) is 0. The van der Waals surface area contributed by atoms with Gasteiger partial charge in [0.1, 0.15) is 5.65 Å². The summed E-state index contributed by atoms with van der Waals surface area (Å²) < 4.78 is 5.16. The first-order chi connectivity index (χ1) is 10.9. The Morgan fingerprint density at radius 3 is 2.82 bits per heavy atom. The highest BCUT2D eigenvalue weighted by atomic mass is 16.3. The molecule has 0 aliphatic carbocycles. The third kappa shape index (κ3) is 1.88. The van der Waals surface area contributed by atoms with Gasteiger partial charge in [-0.15, -0.1) is 0 Å². The molecule has 0 radical (unpaired) electrons. The Morgan fingerprint density at radius 2 is 2.00 bits per heavy atom. The van der Waals surface area contributed by atoms with E-state index in [1.807, 2.05) is 36.5 Å². The zero-order chi connectivity index (χ0) is 14.9. The number of aromatic amines is 1. The molecule has 0 aliphatic heterocycles. The highest BCUT2D eigenvalue weighted by Gasteiger charge is 2.11. The number of nitrogens with zero attached hydrogens (tertiary/aromatic N) is 2. The fraction of sp³-hybridized carbons (Fsp3) is 0. The second-order valence-corrected chi connectivity index (χ2v) is 4.99. The van der Waals surface area contributed by atoms with Gasteiger partial charge >= 0.3 is 0 Å². The summed E-state index contributed by atoms with van der Waals surface area (Å²) in [7, 11) is 0. The SMILES string of the molecule is N#Cc1ccccc1-c1cnc2[nH]cc(-c3ccoc3)c2c1. The summed E-state index contributed by atoms with van der Waals surface area (Å²) in [6.07, 6.45) is 7.06. The molecule has 1 aromatic carbocycles. The second-order valence-electron chi connectivity index (χ2n) is 4.99. The molecule has 1 N–H and O–H groups in total. The summed E-state index contributed by atoms with van der Waals surface area (Å²) in [5.41, 5.74) is 5.30. The van der Waals surface area contributed by atoms with E-state index in [1.165, 1.54) is 0 Å². The quantitative estimate of drug-likeness (QED) is 0.595. The summed E-state index contributed by atoms with van der Waals surface area (Å²) in [5, 5.41) is 10.3. The molecule has 0 bridgehead atoms. The van der Waals surface area contributed by atoms with Crippen LogP contribution < -0.4 is 0 Å². The van der Waals surface area contributed by atoms with E-state index in [2.05, 4.69) is 22.1 Å². The number of hydrogen-bond donors (Lipinski definition) is 1. The number of nitrogens with one attached hydrogen (secondary N) is 1. The number of hydrogen-bond acceptors (Lipinski definition) is 3. The smallest absolute Gasteiger partial charge is 0.137 e. The molecule has 104 valence electrons. The molecular weight excluding hydrogens is 274 g/mol. The molecule has 0 fully saturated rings. The number of nitriles is 1. The lowest BCUT2D eigenvalue weighted by atomic mass is 10.00. The van der Waals surface area contributed by atoms with E-state index >= 15 is 0 Å². The standard InChI is InChI=1S/C18H11N3O/c19-8-12-3-1-2-4-15(12)14-7-16-17(13-5-6-22-11-13)10-21-18(16)20-9-14/h1-7,9-11H,(H,20,21). The molecule has 0 amide bonds. The van der Waals surface area contributed by atoms with Crippen LogP contribution in [0.1, 0.15) is 5.56 Å². The Kier molecular flexibility index (Phi) is 2.77. The van der Waals surface area contributed by atoms with Crippen molar-refractivity contribution in [2.24, 2.45) is 0 Å². The van der Waals surface area contributed by atoms with Crippen molar-refractivity contribution in [3.63, 3.8) is 0 Å².